The molecule has 0 atom stereocenters. The van der Waals surface area contributed by atoms with Crippen LogP contribution in [0.15, 0.2) is 24.3 Å². The maximum Gasteiger partial charge on any atom is 0.168 e. The van der Waals surface area contributed by atoms with Gasteiger partial charge < -0.3 is 0 Å². The summed E-state index contributed by atoms with van der Waals surface area (Å²) in [5, 5.41) is 0. The minimum absolute atomic E-state index is 0.0523. The molecule has 1 nitrogen and oxygen atoms in total. The van der Waals surface area contributed by atoms with E-state index in [1.165, 1.54) is 5.56 Å². The lowest BCUT2D eigenvalue weighted by molar-refractivity contribution is 0.0912. The lowest BCUT2D eigenvalue weighted by Crippen LogP contribution is -2.14. The summed E-state index contributed by atoms with van der Waals surface area (Å²) in [4.78, 5) is 12.1. The summed E-state index contributed by atoms with van der Waals surface area (Å²) in [6.45, 7) is 8.62. The van der Waals surface area contributed by atoms with Crippen LogP contribution in [-0.2, 0) is 5.41 Å². The van der Waals surface area contributed by atoms with Crippen molar-refractivity contribution in [2.45, 2.75) is 46.0 Å². The second-order valence-corrected chi connectivity index (χ2v) is 6.22. The molecule has 1 fully saturated rings. The zero-order chi connectivity index (χ0) is 12.0. The molecule has 2 rings (SSSR count). The van der Waals surface area contributed by atoms with Crippen molar-refractivity contribution in [2.24, 2.45) is 5.41 Å². The number of hydrogen-bond donors (Lipinski definition) is 0. The van der Waals surface area contributed by atoms with Crippen molar-refractivity contribution in [3.8, 4) is 0 Å². The van der Waals surface area contributed by atoms with E-state index < -0.39 is 0 Å². The van der Waals surface area contributed by atoms with Crippen LogP contribution in [0.2, 0.25) is 0 Å². The van der Waals surface area contributed by atoms with Crippen molar-refractivity contribution in [3.05, 3.63) is 35.4 Å². The number of carbonyl (C=O) groups is 1. The molecular formula is C15H20O. The van der Waals surface area contributed by atoms with Crippen LogP contribution in [0.5, 0.6) is 0 Å². The fourth-order valence-electron chi connectivity index (χ4n) is 1.88. The van der Waals surface area contributed by atoms with Gasteiger partial charge in [-0.05, 0) is 23.8 Å². The van der Waals surface area contributed by atoms with Crippen LogP contribution >= 0.6 is 0 Å². The fraction of sp³-hybridized carbons (Fsp3) is 0.533. The molecule has 1 aliphatic carbocycles. The van der Waals surface area contributed by atoms with Crippen LogP contribution < -0.4 is 0 Å². The van der Waals surface area contributed by atoms with Gasteiger partial charge in [0.15, 0.2) is 5.78 Å². The Morgan fingerprint density at radius 2 is 1.62 bits per heavy atom. The Labute approximate surface area is 97.9 Å². The summed E-state index contributed by atoms with van der Waals surface area (Å²) in [6, 6.07) is 8.12. The third-order valence-corrected chi connectivity index (χ3v) is 3.56. The van der Waals surface area contributed by atoms with Crippen LogP contribution in [0.1, 0.15) is 56.5 Å². The molecule has 0 aliphatic heterocycles. The minimum atomic E-state index is -0.0523. The molecule has 1 heteroatoms. The van der Waals surface area contributed by atoms with Crippen LogP contribution in [-0.4, -0.2) is 5.78 Å². The van der Waals surface area contributed by atoms with Gasteiger partial charge in [0, 0.05) is 11.0 Å². The van der Waals surface area contributed by atoms with Crippen molar-refractivity contribution in [1.29, 1.82) is 0 Å². The molecule has 1 aromatic carbocycles. The van der Waals surface area contributed by atoms with Gasteiger partial charge in [0.25, 0.3) is 0 Å². The highest BCUT2D eigenvalue weighted by atomic mass is 16.1. The molecule has 16 heavy (non-hydrogen) atoms. The summed E-state index contributed by atoms with van der Waals surface area (Å²) >= 11 is 0. The quantitative estimate of drug-likeness (QED) is 0.684. The number of Topliss-reactive ketones (excluding diaryl/α,β-unsaturated/α-hetero) is 1. The second kappa shape index (κ2) is 3.44. The summed E-state index contributed by atoms with van der Waals surface area (Å²) < 4.78 is 0. The average Bonchev–Trinajstić information content (AvgIpc) is 2.96. The molecule has 0 N–H and O–H groups in total. The van der Waals surface area contributed by atoms with Crippen LogP contribution in [0.3, 0.4) is 0 Å². The zero-order valence-corrected chi connectivity index (χ0v) is 10.6. The van der Waals surface area contributed by atoms with Crippen molar-refractivity contribution < 1.29 is 4.79 Å². The van der Waals surface area contributed by atoms with E-state index in [4.69, 9.17) is 0 Å². The van der Waals surface area contributed by atoms with Gasteiger partial charge in [-0.3, -0.25) is 4.79 Å². The number of benzene rings is 1. The first-order chi connectivity index (χ1) is 7.33. The predicted molar refractivity (Wildman–Crippen MR) is 66.8 cm³/mol. The van der Waals surface area contributed by atoms with Crippen molar-refractivity contribution >= 4 is 5.78 Å². The summed E-state index contributed by atoms with van der Waals surface area (Å²) in [5.41, 5.74) is 2.26. The molecule has 0 aromatic heterocycles. The minimum Gasteiger partial charge on any atom is -0.294 e. The number of rotatable bonds is 2. The van der Waals surface area contributed by atoms with E-state index in [-0.39, 0.29) is 10.8 Å². The first-order valence-corrected chi connectivity index (χ1v) is 5.98. The lowest BCUT2D eigenvalue weighted by atomic mass is 9.85. The molecule has 1 aromatic rings. The summed E-state index contributed by atoms with van der Waals surface area (Å²) in [7, 11) is 0. The molecule has 0 radical (unpaired) electrons. The van der Waals surface area contributed by atoms with Gasteiger partial charge in [0.1, 0.15) is 0 Å². The van der Waals surface area contributed by atoms with Gasteiger partial charge in [-0.25, -0.2) is 0 Å². The highest BCUT2D eigenvalue weighted by molar-refractivity contribution is 6.01. The maximum atomic E-state index is 12.1. The summed E-state index contributed by atoms with van der Waals surface area (Å²) in [6.07, 6.45) is 2.10. The van der Waals surface area contributed by atoms with Gasteiger partial charge in [0.2, 0.25) is 0 Å². The molecule has 1 aliphatic rings. The molecular weight excluding hydrogens is 196 g/mol. The van der Waals surface area contributed by atoms with E-state index in [2.05, 4.69) is 39.8 Å². The molecule has 86 valence electrons. The van der Waals surface area contributed by atoms with Gasteiger partial charge in [-0.15, -0.1) is 0 Å². The number of ketones is 1. The molecule has 1 saturated carbocycles. The van der Waals surface area contributed by atoms with Gasteiger partial charge in [-0.2, -0.15) is 0 Å². The van der Waals surface area contributed by atoms with E-state index in [1.807, 2.05) is 12.1 Å². The molecule has 0 spiro atoms. The fourth-order valence-corrected chi connectivity index (χ4v) is 1.88. The molecule has 0 saturated heterocycles. The molecule has 0 amide bonds. The first kappa shape index (κ1) is 11.4. The van der Waals surface area contributed by atoms with Crippen LogP contribution in [0, 0.1) is 5.41 Å². The SMILES string of the molecule is CC1(C(=O)c2ccc(C(C)(C)C)cc2)CC1. The second-order valence-electron chi connectivity index (χ2n) is 6.22. The smallest absolute Gasteiger partial charge is 0.168 e. The first-order valence-electron chi connectivity index (χ1n) is 5.98. The highest BCUT2D eigenvalue weighted by Gasteiger charge is 2.44. The Bertz CT molecular complexity index is 402. The van der Waals surface area contributed by atoms with E-state index in [0.29, 0.717) is 5.78 Å². The van der Waals surface area contributed by atoms with Gasteiger partial charge in [0.05, 0.1) is 0 Å². The van der Waals surface area contributed by atoms with E-state index in [1.54, 1.807) is 0 Å². The van der Waals surface area contributed by atoms with E-state index >= 15 is 0 Å². The average molecular weight is 216 g/mol. The third kappa shape index (κ3) is 2.04. The standard InChI is InChI=1S/C15H20O/c1-14(2,3)12-7-5-11(6-8-12)13(16)15(4)9-10-15/h5-8H,9-10H2,1-4H3. The Hall–Kier alpha value is -1.11. The van der Waals surface area contributed by atoms with Crippen LogP contribution in [0.4, 0.5) is 0 Å². The Morgan fingerprint density at radius 3 is 2.00 bits per heavy atom. The van der Waals surface area contributed by atoms with Crippen LogP contribution in [0.25, 0.3) is 0 Å². The zero-order valence-electron chi connectivity index (χ0n) is 10.6. The van der Waals surface area contributed by atoms with Gasteiger partial charge >= 0.3 is 0 Å². The normalized spacial score (nSPS) is 18.2. The maximum absolute atomic E-state index is 12.1. The number of hydrogen-bond acceptors (Lipinski definition) is 1. The topological polar surface area (TPSA) is 17.1 Å². The van der Waals surface area contributed by atoms with E-state index in [0.717, 1.165) is 18.4 Å². The Kier molecular flexibility index (Phi) is 2.45. The third-order valence-electron chi connectivity index (χ3n) is 3.56. The van der Waals surface area contributed by atoms with Crippen molar-refractivity contribution in [3.63, 3.8) is 0 Å². The Balaban J connectivity index is 2.23. The largest absolute Gasteiger partial charge is 0.294 e. The van der Waals surface area contributed by atoms with Crippen molar-refractivity contribution in [1.82, 2.24) is 0 Å². The number of carbonyl (C=O) groups excluding carboxylic acids is 1. The summed E-state index contributed by atoms with van der Waals surface area (Å²) in [5.74, 6) is 0.313. The monoisotopic (exact) mass is 216 g/mol. The molecule has 0 unspecified atom stereocenters. The Morgan fingerprint density at radius 1 is 1.12 bits per heavy atom. The molecule has 0 heterocycles. The van der Waals surface area contributed by atoms with Gasteiger partial charge in [-0.1, -0.05) is 52.0 Å². The lowest BCUT2D eigenvalue weighted by Gasteiger charge is -2.19. The molecule has 0 bridgehead atoms. The highest BCUT2D eigenvalue weighted by Crippen LogP contribution is 2.47. The predicted octanol–water partition coefficient (Wildman–Crippen LogP) is 3.97. The van der Waals surface area contributed by atoms with E-state index in [9.17, 15) is 4.79 Å². The van der Waals surface area contributed by atoms with Crippen molar-refractivity contribution in [2.75, 3.05) is 0 Å².